The predicted molar refractivity (Wildman–Crippen MR) is 97.0 cm³/mol. The summed E-state index contributed by atoms with van der Waals surface area (Å²) >= 11 is 0. The highest BCUT2D eigenvalue weighted by Gasteiger charge is 2.34. The Morgan fingerprint density at radius 2 is 1.25 bits per heavy atom. The number of morpholine rings is 2. The molecule has 2 aliphatic rings. The molecular weight excluding hydrogens is 296 g/mol. The van der Waals surface area contributed by atoms with Crippen molar-refractivity contribution < 1.29 is 4.74 Å². The molecule has 0 radical (unpaired) electrons. The molecule has 2 aromatic rings. The molecule has 2 heterocycles. The highest BCUT2D eigenvalue weighted by Crippen LogP contribution is 2.21. The van der Waals surface area contributed by atoms with Crippen molar-refractivity contribution in [1.29, 1.82) is 0 Å². The van der Waals surface area contributed by atoms with Crippen LogP contribution in [0.1, 0.15) is 11.1 Å². The van der Waals surface area contributed by atoms with Crippen LogP contribution in [-0.4, -0.2) is 54.7 Å². The van der Waals surface area contributed by atoms with Crippen LogP contribution in [0.15, 0.2) is 60.7 Å². The van der Waals surface area contributed by atoms with Gasteiger partial charge in [0.2, 0.25) is 0 Å². The third kappa shape index (κ3) is 4.04. The maximum atomic E-state index is 6.19. The molecular formula is C21H26N2O. The van der Waals surface area contributed by atoms with E-state index in [1.807, 2.05) is 0 Å². The lowest BCUT2D eigenvalue weighted by molar-refractivity contribution is -0.139. The van der Waals surface area contributed by atoms with Gasteiger partial charge in [0, 0.05) is 39.3 Å². The van der Waals surface area contributed by atoms with Crippen LogP contribution in [-0.2, 0) is 17.7 Å². The SMILES string of the molecule is c1ccc(CCN2CC3CN(Cc4ccccc4)CC(C2)O3)cc1. The van der Waals surface area contributed by atoms with Gasteiger partial charge in [0.05, 0.1) is 12.2 Å². The normalized spacial score (nSPS) is 24.8. The molecule has 4 rings (SSSR count). The topological polar surface area (TPSA) is 15.7 Å². The summed E-state index contributed by atoms with van der Waals surface area (Å²) in [6.07, 6.45) is 1.85. The molecule has 0 N–H and O–H groups in total. The molecule has 0 amide bonds. The lowest BCUT2D eigenvalue weighted by Gasteiger charge is -2.46. The molecule has 0 spiro atoms. The summed E-state index contributed by atoms with van der Waals surface area (Å²) in [4.78, 5) is 5.15. The van der Waals surface area contributed by atoms with E-state index in [1.54, 1.807) is 0 Å². The van der Waals surface area contributed by atoms with Crippen LogP contribution in [0, 0.1) is 0 Å². The van der Waals surface area contributed by atoms with Crippen LogP contribution in [0.25, 0.3) is 0 Å². The van der Waals surface area contributed by atoms with Gasteiger partial charge >= 0.3 is 0 Å². The van der Waals surface area contributed by atoms with Gasteiger partial charge in [-0.1, -0.05) is 60.7 Å². The Morgan fingerprint density at radius 3 is 1.88 bits per heavy atom. The van der Waals surface area contributed by atoms with Crippen molar-refractivity contribution in [2.24, 2.45) is 0 Å². The average Bonchev–Trinajstić information content (AvgIpc) is 2.61. The van der Waals surface area contributed by atoms with Gasteiger partial charge in [-0.15, -0.1) is 0 Å². The summed E-state index contributed by atoms with van der Waals surface area (Å²) < 4.78 is 6.19. The van der Waals surface area contributed by atoms with Gasteiger partial charge in [-0.25, -0.2) is 0 Å². The minimum atomic E-state index is 0.358. The molecule has 24 heavy (non-hydrogen) atoms. The number of nitrogens with zero attached hydrogens (tertiary/aromatic N) is 2. The maximum Gasteiger partial charge on any atom is 0.0833 e. The molecule has 2 aliphatic heterocycles. The molecule has 3 nitrogen and oxygen atoms in total. The predicted octanol–water partition coefficient (Wildman–Crippen LogP) is 2.81. The summed E-state index contributed by atoms with van der Waals surface area (Å²) in [6, 6.07) is 21.6. The lowest BCUT2D eigenvalue weighted by atomic mass is 10.1. The molecule has 0 aliphatic carbocycles. The van der Waals surface area contributed by atoms with E-state index in [9.17, 15) is 0 Å². The molecule has 0 saturated carbocycles. The Morgan fingerprint density at radius 1 is 0.708 bits per heavy atom. The fraction of sp³-hybridized carbons (Fsp3) is 0.429. The standard InChI is InChI=1S/C21H26N2O/c1-3-7-18(8-4-1)11-12-22-14-20-16-23(17-21(15-22)24-20)13-19-9-5-2-6-10-19/h1-10,20-21H,11-17H2. The number of benzene rings is 2. The average molecular weight is 322 g/mol. The second-order valence-electron chi connectivity index (χ2n) is 7.05. The first-order chi connectivity index (χ1) is 11.8. The van der Waals surface area contributed by atoms with Crippen LogP contribution < -0.4 is 0 Å². The minimum absolute atomic E-state index is 0.358. The van der Waals surface area contributed by atoms with Crippen LogP contribution in [0.2, 0.25) is 0 Å². The Hall–Kier alpha value is -1.68. The van der Waals surface area contributed by atoms with Crippen molar-refractivity contribution in [3.05, 3.63) is 71.8 Å². The van der Waals surface area contributed by atoms with Crippen molar-refractivity contribution >= 4 is 0 Å². The first kappa shape index (κ1) is 15.8. The summed E-state index contributed by atoms with van der Waals surface area (Å²) in [5.41, 5.74) is 2.83. The van der Waals surface area contributed by atoms with Crippen LogP contribution in [0.4, 0.5) is 0 Å². The van der Waals surface area contributed by atoms with E-state index in [4.69, 9.17) is 4.74 Å². The van der Waals surface area contributed by atoms with Gasteiger partial charge in [-0.05, 0) is 17.5 Å². The van der Waals surface area contributed by atoms with Crippen molar-refractivity contribution in [3.8, 4) is 0 Å². The van der Waals surface area contributed by atoms with Gasteiger partial charge in [-0.2, -0.15) is 0 Å². The number of hydrogen-bond acceptors (Lipinski definition) is 3. The van der Waals surface area contributed by atoms with E-state index in [0.717, 1.165) is 45.7 Å². The lowest BCUT2D eigenvalue weighted by Crippen LogP contribution is -2.59. The van der Waals surface area contributed by atoms with Crippen LogP contribution >= 0.6 is 0 Å². The highest BCUT2D eigenvalue weighted by molar-refractivity contribution is 5.15. The zero-order valence-corrected chi connectivity index (χ0v) is 14.2. The Bertz CT molecular complexity index is 617. The van der Waals surface area contributed by atoms with E-state index in [2.05, 4.69) is 70.5 Å². The van der Waals surface area contributed by atoms with Gasteiger partial charge < -0.3 is 4.74 Å². The van der Waals surface area contributed by atoms with Crippen LogP contribution in [0.3, 0.4) is 0 Å². The molecule has 2 saturated heterocycles. The zero-order valence-electron chi connectivity index (χ0n) is 14.2. The molecule has 2 bridgehead atoms. The summed E-state index contributed by atoms with van der Waals surface area (Å²) in [5.74, 6) is 0. The third-order valence-electron chi connectivity index (χ3n) is 5.04. The van der Waals surface area contributed by atoms with Crippen molar-refractivity contribution in [3.63, 3.8) is 0 Å². The van der Waals surface area contributed by atoms with E-state index in [-0.39, 0.29) is 0 Å². The highest BCUT2D eigenvalue weighted by atomic mass is 16.5. The van der Waals surface area contributed by atoms with Gasteiger partial charge in [-0.3, -0.25) is 9.80 Å². The van der Waals surface area contributed by atoms with E-state index >= 15 is 0 Å². The van der Waals surface area contributed by atoms with Crippen molar-refractivity contribution in [1.82, 2.24) is 9.80 Å². The number of ether oxygens (including phenoxy) is 1. The smallest absolute Gasteiger partial charge is 0.0833 e. The first-order valence-electron chi connectivity index (χ1n) is 9.03. The molecule has 2 atom stereocenters. The minimum Gasteiger partial charge on any atom is -0.370 e. The summed E-state index contributed by atoms with van der Waals surface area (Å²) in [7, 11) is 0. The molecule has 3 heteroatoms. The number of hydrogen-bond donors (Lipinski definition) is 0. The summed E-state index contributed by atoms with van der Waals surface area (Å²) in [6.45, 7) is 6.41. The molecule has 2 fully saturated rings. The van der Waals surface area contributed by atoms with Crippen molar-refractivity contribution in [2.75, 3.05) is 32.7 Å². The van der Waals surface area contributed by atoms with E-state index in [0.29, 0.717) is 12.2 Å². The largest absolute Gasteiger partial charge is 0.370 e. The second-order valence-corrected chi connectivity index (χ2v) is 7.05. The van der Waals surface area contributed by atoms with Gasteiger partial charge in [0.15, 0.2) is 0 Å². The van der Waals surface area contributed by atoms with Crippen LogP contribution in [0.5, 0.6) is 0 Å². The Balaban J connectivity index is 1.29. The fourth-order valence-electron chi connectivity index (χ4n) is 3.95. The van der Waals surface area contributed by atoms with Crippen molar-refractivity contribution in [2.45, 2.75) is 25.2 Å². The molecule has 126 valence electrons. The van der Waals surface area contributed by atoms with E-state index in [1.165, 1.54) is 11.1 Å². The fourth-order valence-corrected chi connectivity index (χ4v) is 3.95. The monoisotopic (exact) mass is 322 g/mol. The summed E-state index contributed by atoms with van der Waals surface area (Å²) in [5, 5.41) is 0. The number of fused-ring (bicyclic) bond motifs is 2. The molecule has 0 aromatic heterocycles. The third-order valence-corrected chi connectivity index (χ3v) is 5.04. The van der Waals surface area contributed by atoms with Gasteiger partial charge in [0.1, 0.15) is 0 Å². The molecule has 2 aromatic carbocycles. The first-order valence-corrected chi connectivity index (χ1v) is 9.03. The molecule has 2 unspecified atom stereocenters. The van der Waals surface area contributed by atoms with E-state index < -0.39 is 0 Å². The maximum absolute atomic E-state index is 6.19. The second kappa shape index (κ2) is 7.47. The van der Waals surface area contributed by atoms with Gasteiger partial charge in [0.25, 0.3) is 0 Å². The Labute approximate surface area is 144 Å². The number of rotatable bonds is 5. The quantitative estimate of drug-likeness (QED) is 0.842. The Kier molecular flexibility index (Phi) is 4.93. The zero-order chi connectivity index (χ0) is 16.2.